The van der Waals surface area contributed by atoms with Gasteiger partial charge < -0.3 is 5.73 Å². The van der Waals surface area contributed by atoms with Crippen LogP contribution >= 0.6 is 23.7 Å². The minimum absolute atomic E-state index is 0. The molecule has 2 nitrogen and oxygen atoms in total. The van der Waals surface area contributed by atoms with Crippen molar-refractivity contribution in [1.82, 2.24) is 4.98 Å². The summed E-state index contributed by atoms with van der Waals surface area (Å²) in [6, 6.07) is 0. The first-order valence-corrected chi connectivity index (χ1v) is 4.83. The summed E-state index contributed by atoms with van der Waals surface area (Å²) in [7, 11) is 0. The Balaban J connectivity index is 0.00000121. The van der Waals surface area contributed by atoms with E-state index in [-0.39, 0.29) is 12.4 Å². The minimum Gasteiger partial charge on any atom is -0.375 e. The second-order valence-corrected chi connectivity index (χ2v) is 3.64. The third-order valence-electron chi connectivity index (χ3n) is 1.60. The van der Waals surface area contributed by atoms with Crippen molar-refractivity contribution in [2.45, 2.75) is 33.1 Å². The molecule has 0 radical (unpaired) electrons. The zero-order chi connectivity index (χ0) is 8.27. The molecule has 70 valence electrons. The largest absolute Gasteiger partial charge is 0.375 e. The fraction of sp³-hybridized carbons (Fsp3) is 0.625. The summed E-state index contributed by atoms with van der Waals surface area (Å²) in [5, 5.41) is 0.713. The molecule has 0 saturated heterocycles. The van der Waals surface area contributed by atoms with Crippen LogP contribution in [-0.2, 0) is 12.8 Å². The van der Waals surface area contributed by atoms with Crippen molar-refractivity contribution in [2.75, 3.05) is 5.73 Å². The van der Waals surface area contributed by atoms with Crippen LogP contribution in [0.3, 0.4) is 0 Å². The molecule has 0 aliphatic heterocycles. The Morgan fingerprint density at radius 3 is 2.58 bits per heavy atom. The lowest BCUT2D eigenvalue weighted by molar-refractivity contribution is 0.876. The van der Waals surface area contributed by atoms with E-state index in [9.17, 15) is 0 Å². The van der Waals surface area contributed by atoms with Gasteiger partial charge in [-0.3, -0.25) is 0 Å². The maximum Gasteiger partial charge on any atom is 0.180 e. The van der Waals surface area contributed by atoms with Crippen LogP contribution < -0.4 is 5.73 Å². The highest BCUT2D eigenvalue weighted by atomic mass is 35.5. The molecule has 0 unspecified atom stereocenters. The van der Waals surface area contributed by atoms with Crippen LogP contribution in [0.2, 0.25) is 0 Å². The van der Waals surface area contributed by atoms with Gasteiger partial charge in [-0.05, 0) is 12.8 Å². The van der Waals surface area contributed by atoms with Crippen LogP contribution in [0, 0.1) is 0 Å². The maximum absolute atomic E-state index is 5.59. The lowest BCUT2D eigenvalue weighted by Crippen LogP contribution is -1.89. The van der Waals surface area contributed by atoms with Crippen LogP contribution in [0.15, 0.2) is 0 Å². The molecule has 0 aliphatic rings. The third-order valence-corrected chi connectivity index (χ3v) is 2.67. The molecule has 1 aromatic rings. The molecule has 0 atom stereocenters. The number of rotatable bonds is 3. The summed E-state index contributed by atoms with van der Waals surface area (Å²) < 4.78 is 0. The summed E-state index contributed by atoms with van der Waals surface area (Å²) in [5.41, 5.74) is 6.80. The standard InChI is InChI=1S/C8H14N2S.ClH/c1-3-5-6-7(4-2)11-8(9)10-6;/h3-5H2,1-2H3,(H2,9,10);1H. The Kier molecular flexibility index (Phi) is 5.25. The smallest absolute Gasteiger partial charge is 0.180 e. The van der Waals surface area contributed by atoms with E-state index >= 15 is 0 Å². The van der Waals surface area contributed by atoms with Gasteiger partial charge in [0.15, 0.2) is 5.13 Å². The Morgan fingerprint density at radius 1 is 1.42 bits per heavy atom. The summed E-state index contributed by atoms with van der Waals surface area (Å²) in [6.45, 7) is 4.31. The van der Waals surface area contributed by atoms with Gasteiger partial charge in [0.05, 0.1) is 5.69 Å². The Morgan fingerprint density at radius 2 is 2.08 bits per heavy atom. The van der Waals surface area contributed by atoms with Crippen LogP contribution in [-0.4, -0.2) is 4.98 Å². The van der Waals surface area contributed by atoms with E-state index in [1.165, 1.54) is 10.6 Å². The van der Waals surface area contributed by atoms with Gasteiger partial charge in [-0.25, -0.2) is 4.98 Å². The number of nitrogen functional groups attached to an aromatic ring is 1. The lowest BCUT2D eigenvalue weighted by Gasteiger charge is -1.94. The van der Waals surface area contributed by atoms with E-state index in [2.05, 4.69) is 18.8 Å². The van der Waals surface area contributed by atoms with Gasteiger partial charge in [-0.2, -0.15) is 0 Å². The first kappa shape index (κ1) is 11.7. The van der Waals surface area contributed by atoms with Gasteiger partial charge in [0.1, 0.15) is 0 Å². The van der Waals surface area contributed by atoms with Crippen LogP contribution in [0.5, 0.6) is 0 Å². The molecule has 2 N–H and O–H groups in total. The number of aromatic nitrogens is 1. The highest BCUT2D eigenvalue weighted by molar-refractivity contribution is 7.15. The Hall–Kier alpha value is -0.280. The van der Waals surface area contributed by atoms with Gasteiger partial charge in [0.2, 0.25) is 0 Å². The predicted octanol–water partition coefficient (Wildman–Crippen LogP) is 2.66. The van der Waals surface area contributed by atoms with E-state index in [0.717, 1.165) is 19.3 Å². The van der Waals surface area contributed by atoms with Gasteiger partial charge in [-0.15, -0.1) is 23.7 Å². The predicted molar refractivity (Wildman–Crippen MR) is 57.1 cm³/mol. The fourth-order valence-corrected chi connectivity index (χ4v) is 1.93. The first-order valence-electron chi connectivity index (χ1n) is 4.02. The molecule has 0 spiro atoms. The average molecular weight is 207 g/mol. The van der Waals surface area contributed by atoms with Crippen molar-refractivity contribution >= 4 is 28.9 Å². The van der Waals surface area contributed by atoms with Crippen LogP contribution in [0.25, 0.3) is 0 Å². The van der Waals surface area contributed by atoms with Crippen molar-refractivity contribution in [2.24, 2.45) is 0 Å². The van der Waals surface area contributed by atoms with E-state index in [4.69, 9.17) is 5.73 Å². The van der Waals surface area contributed by atoms with E-state index in [0.29, 0.717) is 5.13 Å². The SMILES string of the molecule is CCCc1nc(N)sc1CC.Cl. The van der Waals surface area contributed by atoms with Crippen molar-refractivity contribution in [3.63, 3.8) is 0 Å². The van der Waals surface area contributed by atoms with Crippen LogP contribution in [0.1, 0.15) is 30.8 Å². The van der Waals surface area contributed by atoms with Gasteiger partial charge >= 0.3 is 0 Å². The Labute approximate surface area is 83.6 Å². The lowest BCUT2D eigenvalue weighted by atomic mass is 10.2. The van der Waals surface area contributed by atoms with Crippen molar-refractivity contribution in [3.8, 4) is 0 Å². The number of nitrogens with two attached hydrogens (primary N) is 1. The molecule has 0 aliphatic carbocycles. The number of anilines is 1. The van der Waals surface area contributed by atoms with Crippen LogP contribution in [0.4, 0.5) is 5.13 Å². The molecule has 0 fully saturated rings. The summed E-state index contributed by atoms with van der Waals surface area (Å²) in [4.78, 5) is 5.62. The number of nitrogens with zero attached hydrogens (tertiary/aromatic N) is 1. The topological polar surface area (TPSA) is 38.9 Å². The monoisotopic (exact) mass is 206 g/mol. The second kappa shape index (κ2) is 5.38. The molecule has 4 heteroatoms. The molecule has 0 amide bonds. The Bertz CT molecular complexity index is 235. The normalized spacial score (nSPS) is 9.50. The van der Waals surface area contributed by atoms with E-state index < -0.39 is 0 Å². The molecule has 0 aromatic carbocycles. The second-order valence-electron chi connectivity index (χ2n) is 2.53. The van der Waals surface area contributed by atoms with Gasteiger partial charge in [-0.1, -0.05) is 20.3 Å². The van der Waals surface area contributed by atoms with E-state index in [1.807, 2.05) is 0 Å². The summed E-state index contributed by atoms with van der Waals surface area (Å²) >= 11 is 1.62. The number of aryl methyl sites for hydroxylation is 2. The van der Waals surface area contributed by atoms with Crippen molar-refractivity contribution < 1.29 is 0 Å². The molecule has 0 saturated carbocycles. The summed E-state index contributed by atoms with van der Waals surface area (Å²) in [6.07, 6.45) is 3.28. The highest BCUT2D eigenvalue weighted by Crippen LogP contribution is 2.21. The number of hydrogen-bond acceptors (Lipinski definition) is 3. The van der Waals surface area contributed by atoms with Gasteiger partial charge in [0.25, 0.3) is 0 Å². The van der Waals surface area contributed by atoms with Gasteiger partial charge in [0, 0.05) is 4.88 Å². The molecule has 1 heterocycles. The minimum atomic E-state index is 0. The average Bonchev–Trinajstić information content (AvgIpc) is 2.32. The molecule has 1 aromatic heterocycles. The zero-order valence-electron chi connectivity index (χ0n) is 7.46. The first-order chi connectivity index (χ1) is 5.27. The number of halogens is 1. The third kappa shape index (κ3) is 2.64. The molecular formula is C8H15ClN2S. The molecule has 1 rings (SSSR count). The van der Waals surface area contributed by atoms with Crippen molar-refractivity contribution in [3.05, 3.63) is 10.6 Å². The fourth-order valence-electron chi connectivity index (χ4n) is 1.11. The van der Waals surface area contributed by atoms with E-state index in [1.54, 1.807) is 11.3 Å². The number of hydrogen-bond donors (Lipinski definition) is 1. The molecule has 0 bridgehead atoms. The quantitative estimate of drug-likeness (QED) is 0.826. The zero-order valence-corrected chi connectivity index (χ0v) is 9.10. The number of thiazole rings is 1. The maximum atomic E-state index is 5.59. The van der Waals surface area contributed by atoms with Crippen molar-refractivity contribution in [1.29, 1.82) is 0 Å². The molecular weight excluding hydrogens is 192 g/mol. The highest BCUT2D eigenvalue weighted by Gasteiger charge is 2.05. The molecule has 12 heavy (non-hydrogen) atoms. The summed E-state index contributed by atoms with van der Waals surface area (Å²) in [5.74, 6) is 0.